The summed E-state index contributed by atoms with van der Waals surface area (Å²) in [5.74, 6) is -0.595. The molecule has 1 aromatic carbocycles. The molecule has 0 fully saturated rings. The van der Waals surface area contributed by atoms with Gasteiger partial charge in [-0.3, -0.25) is 9.59 Å². The zero-order valence-corrected chi connectivity index (χ0v) is 12.2. The maximum Gasteiger partial charge on any atom is 0.305 e. The Labute approximate surface area is 123 Å². The Bertz CT molecular complexity index is 471. The molecule has 2 atom stereocenters. The number of ether oxygens (including phenoxy) is 1. The first-order chi connectivity index (χ1) is 9.99. The zero-order valence-electron chi connectivity index (χ0n) is 12.2. The molecule has 0 aromatic heterocycles. The van der Waals surface area contributed by atoms with Crippen LogP contribution in [0.3, 0.4) is 0 Å². The van der Waals surface area contributed by atoms with Crippen molar-refractivity contribution in [2.75, 3.05) is 20.7 Å². The van der Waals surface area contributed by atoms with E-state index in [4.69, 9.17) is 0 Å². The quantitative estimate of drug-likeness (QED) is 0.475. The van der Waals surface area contributed by atoms with E-state index in [2.05, 4.69) is 10.1 Å². The normalized spacial score (nSPS) is 13.5. The molecule has 0 radical (unpaired) electrons. The third-order valence-corrected chi connectivity index (χ3v) is 3.14. The highest BCUT2D eigenvalue weighted by Gasteiger charge is 2.18. The van der Waals surface area contributed by atoms with E-state index in [1.165, 1.54) is 7.11 Å². The van der Waals surface area contributed by atoms with Crippen molar-refractivity contribution < 1.29 is 24.5 Å². The Balaban J connectivity index is 2.65. The Morgan fingerprint density at radius 3 is 2.33 bits per heavy atom. The smallest absolute Gasteiger partial charge is 0.305 e. The first kappa shape index (κ1) is 17.3. The van der Waals surface area contributed by atoms with E-state index < -0.39 is 18.2 Å². The van der Waals surface area contributed by atoms with Crippen molar-refractivity contribution in [1.82, 2.24) is 5.32 Å². The first-order valence-corrected chi connectivity index (χ1v) is 6.70. The number of carbonyl (C=O) groups excluding carboxylic acids is 2. The molecule has 0 amide bonds. The van der Waals surface area contributed by atoms with Crippen molar-refractivity contribution in [3.8, 4) is 0 Å². The van der Waals surface area contributed by atoms with E-state index in [1.807, 2.05) is 0 Å². The molecule has 1 aromatic rings. The molecule has 0 aliphatic carbocycles. The Morgan fingerprint density at radius 1 is 1.19 bits per heavy atom. The fourth-order valence-corrected chi connectivity index (χ4v) is 1.87. The largest absolute Gasteiger partial charge is 0.469 e. The van der Waals surface area contributed by atoms with Gasteiger partial charge in [0.05, 0.1) is 19.6 Å². The molecule has 0 spiro atoms. The lowest BCUT2D eigenvalue weighted by Crippen LogP contribution is -2.29. The van der Waals surface area contributed by atoms with Gasteiger partial charge in [-0.05, 0) is 12.6 Å². The second kappa shape index (κ2) is 8.51. The lowest BCUT2D eigenvalue weighted by Gasteiger charge is -2.17. The fraction of sp³-hybridized carbons (Fsp3) is 0.467. The predicted molar refractivity (Wildman–Crippen MR) is 76.9 cm³/mol. The van der Waals surface area contributed by atoms with Gasteiger partial charge in [0.2, 0.25) is 0 Å². The van der Waals surface area contributed by atoms with Crippen molar-refractivity contribution in [2.45, 2.75) is 25.0 Å². The number of rotatable bonds is 8. The number of benzene rings is 1. The molecule has 116 valence electrons. The minimum Gasteiger partial charge on any atom is -0.469 e. The van der Waals surface area contributed by atoms with Gasteiger partial charge in [0.15, 0.2) is 5.78 Å². The molecular weight excluding hydrogens is 274 g/mol. The third kappa shape index (κ3) is 5.26. The molecule has 0 bridgehead atoms. The van der Waals surface area contributed by atoms with Crippen molar-refractivity contribution in [1.29, 1.82) is 0 Å². The number of aliphatic hydroxyl groups excluding tert-OH is 2. The minimum absolute atomic E-state index is 0.0423. The van der Waals surface area contributed by atoms with Crippen molar-refractivity contribution in [3.05, 3.63) is 35.4 Å². The molecule has 0 saturated heterocycles. The van der Waals surface area contributed by atoms with Crippen LogP contribution >= 0.6 is 0 Å². The zero-order chi connectivity index (χ0) is 15.8. The summed E-state index contributed by atoms with van der Waals surface area (Å²) in [5, 5.41) is 22.4. The molecule has 0 heterocycles. The standard InChI is InChI=1S/C15H21NO5/c1-16-9-13(18)15(20)11-5-3-10(4-6-11)12(17)7-8-14(19)21-2/h3-6,13,15-16,18,20H,7-9H2,1-2H3. The van der Waals surface area contributed by atoms with Crippen LogP contribution < -0.4 is 5.32 Å². The third-order valence-electron chi connectivity index (χ3n) is 3.14. The Kier molecular flexibility index (Phi) is 7.01. The highest BCUT2D eigenvalue weighted by Crippen LogP contribution is 2.18. The highest BCUT2D eigenvalue weighted by atomic mass is 16.5. The average molecular weight is 295 g/mol. The molecule has 3 N–H and O–H groups in total. The number of methoxy groups -OCH3 is 1. The molecule has 6 nitrogen and oxygen atoms in total. The van der Waals surface area contributed by atoms with Crippen molar-refractivity contribution in [3.63, 3.8) is 0 Å². The second-order valence-corrected chi connectivity index (χ2v) is 4.69. The number of nitrogens with one attached hydrogen (secondary N) is 1. The SMILES string of the molecule is CNCC(O)C(O)c1ccc(C(=O)CCC(=O)OC)cc1. The fourth-order valence-electron chi connectivity index (χ4n) is 1.87. The van der Waals surface area contributed by atoms with Gasteiger partial charge in [-0.25, -0.2) is 0 Å². The van der Waals surface area contributed by atoms with Gasteiger partial charge in [0.25, 0.3) is 0 Å². The minimum atomic E-state index is -1.02. The van der Waals surface area contributed by atoms with Gasteiger partial charge in [0.1, 0.15) is 6.10 Å². The average Bonchev–Trinajstić information content (AvgIpc) is 2.51. The van der Waals surface area contributed by atoms with E-state index in [9.17, 15) is 19.8 Å². The molecule has 6 heteroatoms. The lowest BCUT2D eigenvalue weighted by molar-refractivity contribution is -0.140. The van der Waals surface area contributed by atoms with Crippen LogP contribution in [0.2, 0.25) is 0 Å². The number of esters is 1. The molecule has 0 aliphatic heterocycles. The number of aliphatic hydroxyl groups is 2. The molecule has 21 heavy (non-hydrogen) atoms. The summed E-state index contributed by atoms with van der Waals surface area (Å²) in [4.78, 5) is 22.8. The van der Waals surface area contributed by atoms with Gasteiger partial charge >= 0.3 is 5.97 Å². The topological polar surface area (TPSA) is 95.9 Å². The van der Waals surface area contributed by atoms with Crippen LogP contribution in [-0.4, -0.2) is 48.8 Å². The number of hydrogen-bond acceptors (Lipinski definition) is 6. The van der Waals surface area contributed by atoms with Crippen LogP contribution in [-0.2, 0) is 9.53 Å². The van der Waals surface area contributed by atoms with Crippen LogP contribution in [0.5, 0.6) is 0 Å². The van der Waals surface area contributed by atoms with Crippen molar-refractivity contribution in [2.24, 2.45) is 0 Å². The maximum atomic E-state index is 11.9. The Hall–Kier alpha value is -1.76. The summed E-state index contributed by atoms with van der Waals surface area (Å²) >= 11 is 0. The van der Waals surface area contributed by atoms with E-state index in [0.29, 0.717) is 11.1 Å². The Morgan fingerprint density at radius 2 is 1.81 bits per heavy atom. The second-order valence-electron chi connectivity index (χ2n) is 4.69. The number of likely N-dealkylation sites (N-methyl/N-ethyl adjacent to an activating group) is 1. The summed E-state index contributed by atoms with van der Waals surface area (Å²) < 4.78 is 4.48. The van der Waals surface area contributed by atoms with Gasteiger partial charge in [-0.1, -0.05) is 24.3 Å². The molecular formula is C15H21NO5. The van der Waals surface area contributed by atoms with Crippen molar-refractivity contribution >= 4 is 11.8 Å². The van der Waals surface area contributed by atoms with Gasteiger partial charge in [0, 0.05) is 18.5 Å². The summed E-state index contributed by atoms with van der Waals surface area (Å²) in [6.07, 6.45) is -1.81. The maximum absolute atomic E-state index is 11.9. The van der Waals surface area contributed by atoms with Crippen LogP contribution in [0, 0.1) is 0 Å². The summed E-state index contributed by atoms with van der Waals surface area (Å²) in [7, 11) is 2.96. The molecule has 2 unspecified atom stereocenters. The van der Waals surface area contributed by atoms with Crippen LogP contribution in [0.4, 0.5) is 0 Å². The van der Waals surface area contributed by atoms with Crippen LogP contribution in [0.15, 0.2) is 24.3 Å². The van der Waals surface area contributed by atoms with Gasteiger partial charge < -0.3 is 20.3 Å². The van der Waals surface area contributed by atoms with E-state index in [-0.39, 0.29) is 25.2 Å². The first-order valence-electron chi connectivity index (χ1n) is 6.70. The van der Waals surface area contributed by atoms with Crippen LogP contribution in [0.1, 0.15) is 34.9 Å². The highest BCUT2D eigenvalue weighted by molar-refractivity contribution is 5.97. The van der Waals surface area contributed by atoms with Crippen LogP contribution in [0.25, 0.3) is 0 Å². The monoisotopic (exact) mass is 295 g/mol. The summed E-state index contributed by atoms with van der Waals surface area (Å²) in [5.41, 5.74) is 0.986. The summed E-state index contributed by atoms with van der Waals surface area (Å²) in [6.45, 7) is 0.265. The lowest BCUT2D eigenvalue weighted by atomic mass is 10.00. The summed E-state index contributed by atoms with van der Waals surface area (Å²) in [6, 6.07) is 6.33. The number of Topliss-reactive ketones (excluding diaryl/α,β-unsaturated/α-hetero) is 1. The van der Waals surface area contributed by atoms with Gasteiger partial charge in [-0.2, -0.15) is 0 Å². The number of carbonyl (C=O) groups is 2. The molecule has 0 saturated carbocycles. The van der Waals surface area contributed by atoms with E-state index >= 15 is 0 Å². The van der Waals surface area contributed by atoms with Gasteiger partial charge in [-0.15, -0.1) is 0 Å². The van der Waals surface area contributed by atoms with E-state index in [1.54, 1.807) is 31.3 Å². The number of ketones is 1. The molecule has 0 aliphatic rings. The number of hydrogen-bond donors (Lipinski definition) is 3. The van der Waals surface area contributed by atoms with E-state index in [0.717, 1.165) is 0 Å². The molecule has 1 rings (SSSR count). The predicted octanol–water partition coefficient (Wildman–Crippen LogP) is 0.436.